The molecule has 1 amide bonds. The molecule has 1 aliphatic rings. The summed E-state index contributed by atoms with van der Waals surface area (Å²) in [5.74, 6) is 0.419. The van der Waals surface area contributed by atoms with Crippen LogP contribution in [0.1, 0.15) is 26.3 Å². The number of rotatable bonds is 8. The molecule has 11 heteroatoms. The summed E-state index contributed by atoms with van der Waals surface area (Å²) in [5, 5.41) is 2.78. The molecule has 1 heterocycles. The van der Waals surface area contributed by atoms with Gasteiger partial charge in [-0.3, -0.25) is 4.79 Å². The van der Waals surface area contributed by atoms with Gasteiger partial charge in [0.1, 0.15) is 5.75 Å². The van der Waals surface area contributed by atoms with Crippen LogP contribution in [0.5, 0.6) is 5.75 Å². The minimum atomic E-state index is -4.44. The molecule has 2 aromatic carbocycles. The van der Waals surface area contributed by atoms with Crippen molar-refractivity contribution in [1.82, 2.24) is 9.62 Å². The SMILES string of the molecule is CC(C)CNC(=O)[C@H](C)Oc1ccc(S(=O)(=O)N2CCN(c3cccc(C(F)(F)F)c3)CC2)cc1. The smallest absolute Gasteiger partial charge is 0.416 e. The first-order chi connectivity index (χ1) is 16.4. The maximum atomic E-state index is 13.1. The fourth-order valence-corrected chi connectivity index (χ4v) is 5.03. The molecule has 3 rings (SSSR count). The van der Waals surface area contributed by atoms with Crippen molar-refractivity contribution in [3.05, 3.63) is 54.1 Å². The summed E-state index contributed by atoms with van der Waals surface area (Å²) < 4.78 is 72.1. The van der Waals surface area contributed by atoms with Crippen molar-refractivity contribution in [2.24, 2.45) is 5.92 Å². The number of alkyl halides is 3. The first kappa shape index (κ1) is 26.8. The highest BCUT2D eigenvalue weighted by atomic mass is 32.2. The molecule has 192 valence electrons. The second-order valence-corrected chi connectivity index (χ2v) is 10.7. The molecule has 0 unspecified atom stereocenters. The van der Waals surface area contributed by atoms with Crippen molar-refractivity contribution in [2.75, 3.05) is 37.6 Å². The Kier molecular flexibility index (Phi) is 8.32. The van der Waals surface area contributed by atoms with Crippen molar-refractivity contribution in [3.8, 4) is 5.75 Å². The van der Waals surface area contributed by atoms with Crippen molar-refractivity contribution in [1.29, 1.82) is 0 Å². The number of benzene rings is 2. The van der Waals surface area contributed by atoms with Gasteiger partial charge in [0.05, 0.1) is 10.5 Å². The average Bonchev–Trinajstić information content (AvgIpc) is 2.82. The fraction of sp³-hybridized carbons (Fsp3) is 0.458. The van der Waals surface area contributed by atoms with E-state index in [4.69, 9.17) is 4.74 Å². The third kappa shape index (κ3) is 6.88. The molecule has 1 saturated heterocycles. The van der Waals surface area contributed by atoms with Gasteiger partial charge in [-0.05, 0) is 55.3 Å². The van der Waals surface area contributed by atoms with E-state index in [0.29, 0.717) is 23.9 Å². The summed E-state index contributed by atoms with van der Waals surface area (Å²) in [7, 11) is -3.79. The van der Waals surface area contributed by atoms with Crippen LogP contribution in [0.3, 0.4) is 0 Å². The van der Waals surface area contributed by atoms with E-state index in [9.17, 15) is 26.4 Å². The molecule has 1 fully saturated rings. The predicted molar refractivity (Wildman–Crippen MR) is 127 cm³/mol. The van der Waals surface area contributed by atoms with Crippen molar-refractivity contribution >= 4 is 21.6 Å². The zero-order valence-corrected chi connectivity index (χ0v) is 20.7. The predicted octanol–water partition coefficient (Wildman–Crippen LogP) is 3.76. The van der Waals surface area contributed by atoms with Crippen molar-refractivity contribution in [2.45, 2.75) is 37.9 Å². The standard InChI is InChI=1S/C24H30F3N3O4S/c1-17(2)16-28-23(31)18(3)34-21-7-9-22(10-8-21)35(32,33)30-13-11-29(12-14-30)20-6-4-5-19(15-20)24(25,26)27/h4-10,15,17-18H,11-14,16H2,1-3H3,(H,28,31)/t18-/m0/s1. The lowest BCUT2D eigenvalue weighted by atomic mass is 10.1. The van der Waals surface area contributed by atoms with E-state index in [0.717, 1.165) is 12.1 Å². The van der Waals surface area contributed by atoms with Gasteiger partial charge in [0.25, 0.3) is 5.91 Å². The van der Waals surface area contributed by atoms with Crippen LogP contribution in [-0.4, -0.2) is 57.5 Å². The van der Waals surface area contributed by atoms with Gasteiger partial charge in [0.15, 0.2) is 6.10 Å². The number of hydrogen-bond acceptors (Lipinski definition) is 5. The Hall–Kier alpha value is -2.79. The number of carbonyl (C=O) groups excluding carboxylic acids is 1. The molecule has 35 heavy (non-hydrogen) atoms. The van der Waals surface area contributed by atoms with Crippen LogP contribution >= 0.6 is 0 Å². The summed E-state index contributed by atoms with van der Waals surface area (Å²) in [6.07, 6.45) is -5.17. The summed E-state index contributed by atoms with van der Waals surface area (Å²) in [5.41, 5.74) is -0.330. The van der Waals surface area contributed by atoms with Crippen LogP contribution in [0.4, 0.5) is 18.9 Å². The first-order valence-corrected chi connectivity index (χ1v) is 12.8. The van der Waals surface area contributed by atoms with E-state index >= 15 is 0 Å². The molecule has 0 radical (unpaired) electrons. The zero-order valence-electron chi connectivity index (χ0n) is 19.9. The summed E-state index contributed by atoms with van der Waals surface area (Å²) >= 11 is 0. The van der Waals surface area contributed by atoms with Gasteiger partial charge in [-0.15, -0.1) is 0 Å². The number of nitrogens with zero attached hydrogens (tertiary/aromatic N) is 2. The van der Waals surface area contributed by atoms with Gasteiger partial charge < -0.3 is 15.0 Å². The number of nitrogens with one attached hydrogen (secondary N) is 1. The van der Waals surface area contributed by atoms with E-state index in [2.05, 4.69) is 5.32 Å². The molecule has 0 spiro atoms. The molecular formula is C24H30F3N3O4S. The fourth-order valence-electron chi connectivity index (χ4n) is 3.61. The molecule has 1 atom stereocenters. The van der Waals surface area contributed by atoms with Crippen LogP contribution in [0.2, 0.25) is 0 Å². The van der Waals surface area contributed by atoms with E-state index in [1.165, 1.54) is 34.6 Å². The molecule has 1 N–H and O–H groups in total. The summed E-state index contributed by atoms with van der Waals surface area (Å²) in [6.45, 7) is 6.94. The number of halogens is 3. The molecule has 0 aliphatic carbocycles. The molecule has 0 aromatic heterocycles. The number of ether oxygens (including phenoxy) is 1. The summed E-state index contributed by atoms with van der Waals surface area (Å²) in [6, 6.07) is 10.9. The number of hydrogen-bond donors (Lipinski definition) is 1. The third-order valence-electron chi connectivity index (χ3n) is 5.61. The van der Waals surface area contributed by atoms with Gasteiger partial charge in [0, 0.05) is 38.4 Å². The highest BCUT2D eigenvalue weighted by molar-refractivity contribution is 7.89. The van der Waals surface area contributed by atoms with Gasteiger partial charge >= 0.3 is 6.18 Å². The maximum absolute atomic E-state index is 13.1. The third-order valence-corrected chi connectivity index (χ3v) is 7.52. The zero-order chi connectivity index (χ0) is 25.8. The molecule has 2 aromatic rings. The van der Waals surface area contributed by atoms with Crippen molar-refractivity contribution in [3.63, 3.8) is 0 Å². The number of anilines is 1. The highest BCUT2D eigenvalue weighted by Gasteiger charge is 2.32. The molecule has 7 nitrogen and oxygen atoms in total. The second-order valence-electron chi connectivity index (χ2n) is 8.81. The Morgan fingerprint density at radius 1 is 1.03 bits per heavy atom. The Balaban J connectivity index is 1.60. The molecular weight excluding hydrogens is 483 g/mol. The summed E-state index contributed by atoms with van der Waals surface area (Å²) in [4.78, 5) is 13.9. The normalized spacial score (nSPS) is 16.3. The number of amides is 1. The lowest BCUT2D eigenvalue weighted by Crippen LogP contribution is -2.48. The van der Waals surface area contributed by atoms with E-state index in [-0.39, 0.29) is 37.0 Å². The van der Waals surface area contributed by atoms with Crippen LogP contribution < -0.4 is 15.0 Å². The van der Waals surface area contributed by atoms with Crippen molar-refractivity contribution < 1.29 is 31.1 Å². The molecule has 0 saturated carbocycles. The quantitative estimate of drug-likeness (QED) is 0.582. The second kappa shape index (κ2) is 10.9. The van der Waals surface area contributed by atoms with E-state index in [1.54, 1.807) is 17.9 Å². The Labute approximate surface area is 203 Å². The van der Waals surface area contributed by atoms with Crippen LogP contribution in [0.15, 0.2) is 53.4 Å². The van der Waals surface area contributed by atoms with Gasteiger partial charge in [0.2, 0.25) is 10.0 Å². The Bertz CT molecular complexity index is 1110. The van der Waals surface area contributed by atoms with Crippen LogP contribution in [0.25, 0.3) is 0 Å². The number of piperazine rings is 1. The average molecular weight is 514 g/mol. The minimum Gasteiger partial charge on any atom is -0.481 e. The largest absolute Gasteiger partial charge is 0.481 e. The Morgan fingerprint density at radius 2 is 1.66 bits per heavy atom. The van der Waals surface area contributed by atoms with E-state index in [1.807, 2.05) is 13.8 Å². The van der Waals surface area contributed by atoms with Crippen LogP contribution in [-0.2, 0) is 21.0 Å². The first-order valence-electron chi connectivity index (χ1n) is 11.3. The number of carbonyl (C=O) groups is 1. The van der Waals surface area contributed by atoms with Crippen LogP contribution in [0, 0.1) is 5.92 Å². The maximum Gasteiger partial charge on any atom is 0.416 e. The van der Waals surface area contributed by atoms with E-state index < -0.39 is 27.9 Å². The molecule has 0 bridgehead atoms. The Morgan fingerprint density at radius 3 is 2.23 bits per heavy atom. The van der Waals surface area contributed by atoms with Gasteiger partial charge in [-0.1, -0.05) is 19.9 Å². The lowest BCUT2D eigenvalue weighted by Gasteiger charge is -2.35. The molecule has 1 aliphatic heterocycles. The van der Waals surface area contributed by atoms with Gasteiger partial charge in [-0.2, -0.15) is 17.5 Å². The van der Waals surface area contributed by atoms with Gasteiger partial charge in [-0.25, -0.2) is 8.42 Å². The highest BCUT2D eigenvalue weighted by Crippen LogP contribution is 2.32. The minimum absolute atomic E-state index is 0.0780. The monoisotopic (exact) mass is 513 g/mol. The number of sulfonamides is 1. The topological polar surface area (TPSA) is 78.9 Å². The lowest BCUT2D eigenvalue weighted by molar-refractivity contribution is -0.137.